The van der Waals surface area contributed by atoms with E-state index in [-0.39, 0.29) is 29.9 Å². The lowest BCUT2D eigenvalue weighted by atomic mass is 10.0. The number of nitriles is 1. The van der Waals surface area contributed by atoms with Gasteiger partial charge in [0.15, 0.2) is 5.82 Å². The second-order valence-electron chi connectivity index (χ2n) is 7.67. The minimum Gasteiger partial charge on any atom is -0.446 e. The second kappa shape index (κ2) is 8.35. The summed E-state index contributed by atoms with van der Waals surface area (Å²) in [5.74, 6) is 0.532. The van der Waals surface area contributed by atoms with E-state index in [0.717, 1.165) is 30.5 Å². The van der Waals surface area contributed by atoms with Crippen molar-refractivity contribution < 1.29 is 14.3 Å². The van der Waals surface area contributed by atoms with Crippen molar-refractivity contribution in [3.8, 4) is 6.07 Å². The molecule has 2 fully saturated rings. The van der Waals surface area contributed by atoms with E-state index in [0.29, 0.717) is 25.3 Å². The standard InChI is InChI=1S/C21H23N5O3/c22-11-15-12-26(13-15)21(28)29-17-7-6-16(9-17)18-10-19(25-24-18)23-20(27)8-14-4-2-1-3-5-14/h1-5,10,15-17H,6-9,12-13H2,(H2,23,24,25,27)/t16-,17+/m0/s1. The van der Waals surface area contributed by atoms with Crippen molar-refractivity contribution in [1.82, 2.24) is 15.1 Å². The molecule has 2 aromatic rings. The van der Waals surface area contributed by atoms with Gasteiger partial charge in [-0.15, -0.1) is 0 Å². The first-order chi connectivity index (χ1) is 14.1. The Bertz CT molecular complexity index is 914. The van der Waals surface area contributed by atoms with Crippen molar-refractivity contribution in [2.45, 2.75) is 37.7 Å². The number of hydrogen-bond donors (Lipinski definition) is 2. The summed E-state index contributed by atoms with van der Waals surface area (Å²) in [6.45, 7) is 0.913. The zero-order valence-corrected chi connectivity index (χ0v) is 16.0. The van der Waals surface area contributed by atoms with E-state index in [1.165, 1.54) is 0 Å². The summed E-state index contributed by atoms with van der Waals surface area (Å²) < 4.78 is 5.57. The fourth-order valence-corrected chi connectivity index (χ4v) is 3.83. The van der Waals surface area contributed by atoms with Crippen molar-refractivity contribution in [3.63, 3.8) is 0 Å². The Morgan fingerprint density at radius 1 is 1.28 bits per heavy atom. The third-order valence-electron chi connectivity index (χ3n) is 5.49. The molecule has 2 amide bonds. The molecule has 2 heterocycles. The van der Waals surface area contributed by atoms with E-state index in [4.69, 9.17) is 10.00 Å². The predicted molar refractivity (Wildman–Crippen MR) is 105 cm³/mol. The topological polar surface area (TPSA) is 111 Å². The molecule has 0 unspecified atom stereocenters. The molecule has 1 aliphatic heterocycles. The van der Waals surface area contributed by atoms with Crippen LogP contribution in [0.2, 0.25) is 0 Å². The van der Waals surface area contributed by atoms with E-state index >= 15 is 0 Å². The van der Waals surface area contributed by atoms with Crippen LogP contribution in [0.15, 0.2) is 36.4 Å². The number of likely N-dealkylation sites (tertiary alicyclic amines) is 1. The molecule has 8 nitrogen and oxygen atoms in total. The summed E-state index contributed by atoms with van der Waals surface area (Å²) in [6, 6.07) is 13.6. The van der Waals surface area contributed by atoms with Gasteiger partial charge in [-0.05, 0) is 24.8 Å². The molecule has 1 aromatic carbocycles. The lowest BCUT2D eigenvalue weighted by molar-refractivity contribution is -0.115. The highest BCUT2D eigenvalue weighted by Crippen LogP contribution is 2.36. The first-order valence-corrected chi connectivity index (χ1v) is 9.85. The quantitative estimate of drug-likeness (QED) is 0.811. The van der Waals surface area contributed by atoms with E-state index < -0.39 is 0 Å². The molecule has 0 bridgehead atoms. The van der Waals surface area contributed by atoms with Crippen LogP contribution in [0.5, 0.6) is 0 Å². The van der Waals surface area contributed by atoms with Gasteiger partial charge in [0.1, 0.15) is 6.10 Å². The minimum absolute atomic E-state index is 0.0700. The highest BCUT2D eigenvalue weighted by Gasteiger charge is 2.35. The lowest BCUT2D eigenvalue weighted by Gasteiger charge is -2.34. The summed E-state index contributed by atoms with van der Waals surface area (Å²) in [7, 11) is 0. The molecule has 0 spiro atoms. The third-order valence-corrected chi connectivity index (χ3v) is 5.49. The minimum atomic E-state index is -0.333. The highest BCUT2D eigenvalue weighted by atomic mass is 16.6. The Labute approximate surface area is 168 Å². The van der Waals surface area contributed by atoms with Crippen LogP contribution in [-0.4, -0.2) is 46.3 Å². The molecule has 2 atom stereocenters. The number of amides is 2. The van der Waals surface area contributed by atoms with Gasteiger partial charge in [0.05, 0.1) is 18.4 Å². The molecule has 8 heteroatoms. The molecule has 1 aromatic heterocycles. The molecule has 150 valence electrons. The Morgan fingerprint density at radius 3 is 2.83 bits per heavy atom. The second-order valence-corrected chi connectivity index (χ2v) is 7.67. The predicted octanol–water partition coefficient (Wildman–Crippen LogP) is 2.82. The normalized spacial score (nSPS) is 21.3. The molecule has 2 N–H and O–H groups in total. The fourth-order valence-electron chi connectivity index (χ4n) is 3.83. The van der Waals surface area contributed by atoms with Crippen LogP contribution < -0.4 is 5.32 Å². The monoisotopic (exact) mass is 393 g/mol. The molecule has 1 saturated heterocycles. The number of H-pyrrole nitrogens is 1. The number of nitrogens with one attached hydrogen (secondary N) is 2. The zero-order valence-electron chi connectivity index (χ0n) is 16.0. The number of hydrogen-bond acceptors (Lipinski definition) is 5. The van der Waals surface area contributed by atoms with Gasteiger partial charge < -0.3 is 15.0 Å². The lowest BCUT2D eigenvalue weighted by Crippen LogP contribution is -2.50. The van der Waals surface area contributed by atoms with Crippen molar-refractivity contribution >= 4 is 17.8 Å². The number of benzene rings is 1. The number of ether oxygens (including phenoxy) is 1. The Morgan fingerprint density at radius 2 is 2.07 bits per heavy atom. The number of nitrogens with zero attached hydrogens (tertiary/aromatic N) is 3. The molecular weight excluding hydrogens is 370 g/mol. The number of aromatic amines is 1. The summed E-state index contributed by atoms with van der Waals surface area (Å²) in [6.07, 6.45) is 2.24. The van der Waals surface area contributed by atoms with Gasteiger partial charge in [0, 0.05) is 30.8 Å². The van der Waals surface area contributed by atoms with Crippen LogP contribution in [0.1, 0.15) is 36.4 Å². The van der Waals surface area contributed by atoms with E-state index in [1.54, 1.807) is 4.90 Å². The van der Waals surface area contributed by atoms with Crippen molar-refractivity contribution in [2.75, 3.05) is 18.4 Å². The summed E-state index contributed by atoms with van der Waals surface area (Å²) in [5.41, 5.74) is 1.89. The van der Waals surface area contributed by atoms with Gasteiger partial charge in [-0.2, -0.15) is 10.4 Å². The van der Waals surface area contributed by atoms with Crippen LogP contribution in [0.4, 0.5) is 10.6 Å². The Balaban J connectivity index is 1.25. The number of anilines is 1. The van der Waals surface area contributed by atoms with Crippen molar-refractivity contribution in [1.29, 1.82) is 5.26 Å². The van der Waals surface area contributed by atoms with Crippen LogP contribution in [-0.2, 0) is 16.0 Å². The SMILES string of the molecule is N#CC1CN(C(=O)O[C@@H]2CC[C@H](c3cc(NC(=O)Cc4ccccc4)n[nH]3)C2)C1. The number of carbonyl (C=O) groups excluding carboxylic acids is 2. The average Bonchev–Trinajstić information content (AvgIpc) is 3.31. The van der Waals surface area contributed by atoms with Crippen LogP contribution in [0.25, 0.3) is 0 Å². The third kappa shape index (κ3) is 4.57. The van der Waals surface area contributed by atoms with Crippen molar-refractivity contribution in [3.05, 3.63) is 47.7 Å². The largest absolute Gasteiger partial charge is 0.446 e. The van der Waals surface area contributed by atoms with Crippen LogP contribution >= 0.6 is 0 Å². The smallest absolute Gasteiger partial charge is 0.410 e. The molecular formula is C21H23N5O3. The summed E-state index contributed by atoms with van der Waals surface area (Å²) in [5, 5.41) is 18.8. The maximum absolute atomic E-state index is 12.2. The van der Waals surface area contributed by atoms with Gasteiger partial charge in [-0.25, -0.2) is 4.79 Å². The van der Waals surface area contributed by atoms with E-state index in [2.05, 4.69) is 21.6 Å². The molecule has 1 aliphatic carbocycles. The van der Waals surface area contributed by atoms with Crippen LogP contribution in [0.3, 0.4) is 0 Å². The van der Waals surface area contributed by atoms with Gasteiger partial charge in [0.2, 0.25) is 5.91 Å². The maximum atomic E-state index is 12.2. The van der Waals surface area contributed by atoms with E-state index in [9.17, 15) is 9.59 Å². The van der Waals surface area contributed by atoms with Gasteiger partial charge in [0.25, 0.3) is 0 Å². The summed E-state index contributed by atoms with van der Waals surface area (Å²) >= 11 is 0. The van der Waals surface area contributed by atoms with Crippen molar-refractivity contribution in [2.24, 2.45) is 5.92 Å². The number of carbonyl (C=O) groups is 2. The first kappa shape index (κ1) is 19.0. The van der Waals surface area contributed by atoms with Gasteiger partial charge >= 0.3 is 6.09 Å². The molecule has 0 radical (unpaired) electrons. The fraction of sp³-hybridized carbons (Fsp3) is 0.429. The maximum Gasteiger partial charge on any atom is 0.410 e. The molecule has 1 saturated carbocycles. The first-order valence-electron chi connectivity index (χ1n) is 9.85. The zero-order chi connectivity index (χ0) is 20.2. The highest BCUT2D eigenvalue weighted by molar-refractivity contribution is 5.91. The number of aromatic nitrogens is 2. The van der Waals surface area contributed by atoms with E-state index in [1.807, 2.05) is 36.4 Å². The average molecular weight is 393 g/mol. The summed E-state index contributed by atoms with van der Waals surface area (Å²) in [4.78, 5) is 25.8. The molecule has 2 aliphatic rings. The number of rotatable bonds is 5. The molecule has 29 heavy (non-hydrogen) atoms. The molecule has 4 rings (SSSR count). The Hall–Kier alpha value is -3.34. The van der Waals surface area contributed by atoms with Gasteiger partial charge in [-0.3, -0.25) is 9.89 Å². The van der Waals surface area contributed by atoms with Crippen LogP contribution in [0, 0.1) is 17.2 Å². The Kier molecular flexibility index (Phi) is 5.47. The van der Waals surface area contributed by atoms with Gasteiger partial charge in [-0.1, -0.05) is 30.3 Å².